The highest BCUT2D eigenvalue weighted by atomic mass is 127. The van der Waals surface area contributed by atoms with E-state index in [2.05, 4.69) is 32.6 Å². The van der Waals surface area contributed by atoms with Crippen LogP contribution in [0.4, 0.5) is 0 Å². The molecule has 23 heavy (non-hydrogen) atoms. The van der Waals surface area contributed by atoms with Gasteiger partial charge < -0.3 is 11.1 Å². The molecule has 0 bridgehead atoms. The van der Waals surface area contributed by atoms with Crippen molar-refractivity contribution in [3.8, 4) is 0 Å². The lowest BCUT2D eigenvalue weighted by atomic mass is 10.0. The van der Waals surface area contributed by atoms with Crippen LogP contribution in [-0.4, -0.2) is 32.8 Å². The van der Waals surface area contributed by atoms with Crippen molar-refractivity contribution in [1.29, 1.82) is 0 Å². The SMILES string of the molecule is CC(C)C[C@H](NC(=O)CNS(=O)(=O)c1ccc(I)cc1)C(N)=O. The smallest absolute Gasteiger partial charge is 0.241 e. The van der Waals surface area contributed by atoms with Crippen molar-refractivity contribution in [3.05, 3.63) is 27.8 Å². The van der Waals surface area contributed by atoms with Crippen LogP contribution < -0.4 is 15.8 Å². The number of amides is 2. The normalized spacial score (nSPS) is 12.9. The van der Waals surface area contributed by atoms with Crippen molar-refractivity contribution in [1.82, 2.24) is 10.0 Å². The number of hydrogen-bond donors (Lipinski definition) is 3. The Hall–Kier alpha value is -1.20. The summed E-state index contributed by atoms with van der Waals surface area (Å²) < 4.78 is 27.2. The number of halogens is 1. The lowest BCUT2D eigenvalue weighted by molar-refractivity contribution is -0.127. The lowest BCUT2D eigenvalue weighted by Crippen LogP contribution is -2.48. The zero-order chi connectivity index (χ0) is 17.6. The second-order valence-electron chi connectivity index (χ2n) is 5.43. The van der Waals surface area contributed by atoms with Crippen molar-refractivity contribution in [3.63, 3.8) is 0 Å². The van der Waals surface area contributed by atoms with Crippen LogP contribution in [0.5, 0.6) is 0 Å². The van der Waals surface area contributed by atoms with E-state index in [-0.39, 0.29) is 10.8 Å². The first kappa shape index (κ1) is 19.8. The second kappa shape index (κ2) is 8.60. The van der Waals surface area contributed by atoms with Gasteiger partial charge in [-0.25, -0.2) is 13.1 Å². The Balaban J connectivity index is 2.64. The minimum atomic E-state index is -3.78. The minimum Gasteiger partial charge on any atom is -0.368 e. The fourth-order valence-electron chi connectivity index (χ4n) is 1.82. The van der Waals surface area contributed by atoms with E-state index in [4.69, 9.17) is 5.73 Å². The summed E-state index contributed by atoms with van der Waals surface area (Å²) in [5.41, 5.74) is 5.23. The van der Waals surface area contributed by atoms with Crippen molar-refractivity contribution < 1.29 is 18.0 Å². The maximum Gasteiger partial charge on any atom is 0.241 e. The monoisotopic (exact) mass is 453 g/mol. The van der Waals surface area contributed by atoms with Crippen molar-refractivity contribution >= 4 is 44.4 Å². The first-order valence-electron chi connectivity index (χ1n) is 6.95. The predicted octanol–water partition coefficient (Wildman–Crippen LogP) is 0.586. The molecule has 0 radical (unpaired) electrons. The van der Waals surface area contributed by atoms with Gasteiger partial charge in [-0.1, -0.05) is 13.8 Å². The Morgan fingerprint density at radius 2 is 1.78 bits per heavy atom. The van der Waals surface area contributed by atoms with Crippen LogP contribution in [0, 0.1) is 9.49 Å². The van der Waals surface area contributed by atoms with Crippen molar-refractivity contribution in [2.75, 3.05) is 6.54 Å². The van der Waals surface area contributed by atoms with Crippen molar-refractivity contribution in [2.45, 2.75) is 31.2 Å². The zero-order valence-electron chi connectivity index (χ0n) is 12.9. The van der Waals surface area contributed by atoms with Gasteiger partial charge in [0.05, 0.1) is 11.4 Å². The number of nitrogens with one attached hydrogen (secondary N) is 2. The Morgan fingerprint density at radius 1 is 1.22 bits per heavy atom. The Labute approximate surface area is 149 Å². The third-order valence-electron chi connectivity index (χ3n) is 2.93. The summed E-state index contributed by atoms with van der Waals surface area (Å²) in [4.78, 5) is 23.2. The van der Waals surface area contributed by atoms with Crippen LogP contribution in [0.15, 0.2) is 29.2 Å². The first-order chi connectivity index (χ1) is 10.6. The molecule has 0 aromatic heterocycles. The number of rotatable bonds is 8. The maximum atomic E-state index is 12.1. The van der Waals surface area contributed by atoms with Gasteiger partial charge in [-0.15, -0.1) is 0 Å². The van der Waals surface area contributed by atoms with E-state index in [1.807, 2.05) is 13.8 Å². The molecule has 0 saturated heterocycles. The maximum absolute atomic E-state index is 12.1. The van der Waals surface area contributed by atoms with E-state index >= 15 is 0 Å². The van der Waals surface area contributed by atoms with Gasteiger partial charge in [0, 0.05) is 3.57 Å². The highest BCUT2D eigenvalue weighted by Gasteiger charge is 2.21. The molecule has 4 N–H and O–H groups in total. The van der Waals surface area contributed by atoms with Gasteiger partial charge in [0.1, 0.15) is 6.04 Å². The Kier molecular flexibility index (Phi) is 7.42. The molecule has 1 atom stereocenters. The van der Waals surface area contributed by atoms with Gasteiger partial charge in [-0.2, -0.15) is 0 Å². The molecule has 0 aliphatic carbocycles. The largest absolute Gasteiger partial charge is 0.368 e. The van der Waals surface area contributed by atoms with Crippen LogP contribution in [0.2, 0.25) is 0 Å². The fraction of sp³-hybridized carbons (Fsp3) is 0.429. The summed E-state index contributed by atoms with van der Waals surface area (Å²) in [6.07, 6.45) is 0.394. The number of carbonyl (C=O) groups is 2. The van der Waals surface area contributed by atoms with E-state index in [1.165, 1.54) is 12.1 Å². The molecule has 1 rings (SSSR count). The molecule has 1 aromatic carbocycles. The van der Waals surface area contributed by atoms with Gasteiger partial charge in [0.15, 0.2) is 0 Å². The summed E-state index contributed by atoms with van der Waals surface area (Å²) >= 11 is 2.06. The Morgan fingerprint density at radius 3 is 2.26 bits per heavy atom. The van der Waals surface area contributed by atoms with Crippen molar-refractivity contribution in [2.24, 2.45) is 11.7 Å². The van der Waals surface area contributed by atoms with E-state index in [9.17, 15) is 18.0 Å². The predicted molar refractivity (Wildman–Crippen MR) is 94.9 cm³/mol. The molecule has 7 nitrogen and oxygen atoms in total. The molecule has 9 heteroatoms. The van der Waals surface area contributed by atoms with Crippen LogP contribution in [0.25, 0.3) is 0 Å². The summed E-state index contributed by atoms with van der Waals surface area (Å²) in [6.45, 7) is 3.32. The van der Waals surface area contributed by atoms with E-state index < -0.39 is 34.4 Å². The number of nitrogens with two attached hydrogens (primary N) is 1. The van der Waals surface area contributed by atoms with Crippen LogP contribution in [0.1, 0.15) is 20.3 Å². The molecule has 2 amide bonds. The second-order valence-corrected chi connectivity index (χ2v) is 8.44. The molecule has 128 valence electrons. The quantitative estimate of drug-likeness (QED) is 0.500. The van der Waals surface area contributed by atoms with E-state index in [1.54, 1.807) is 12.1 Å². The number of benzene rings is 1. The average Bonchev–Trinajstić information content (AvgIpc) is 2.44. The van der Waals surface area contributed by atoms with E-state index in [0.29, 0.717) is 6.42 Å². The molecule has 0 aliphatic heterocycles. The molecule has 0 fully saturated rings. The van der Waals surface area contributed by atoms with Crippen LogP contribution >= 0.6 is 22.6 Å². The standard InChI is InChI=1S/C14H20IN3O4S/c1-9(2)7-12(14(16)20)18-13(19)8-17-23(21,22)11-5-3-10(15)4-6-11/h3-6,9,12,17H,7-8H2,1-2H3,(H2,16,20)(H,18,19)/t12-/m0/s1. The highest BCUT2D eigenvalue weighted by molar-refractivity contribution is 14.1. The van der Waals surface area contributed by atoms with Gasteiger partial charge in [-0.3, -0.25) is 9.59 Å². The number of carbonyl (C=O) groups excluding carboxylic acids is 2. The van der Waals surface area contributed by atoms with Gasteiger partial charge in [0.2, 0.25) is 21.8 Å². The molecular weight excluding hydrogens is 433 g/mol. The van der Waals surface area contributed by atoms with Crippen LogP contribution in [0.3, 0.4) is 0 Å². The number of primary amides is 1. The summed E-state index contributed by atoms with van der Waals surface area (Å²) in [6, 6.07) is 5.40. The molecule has 0 aliphatic rings. The summed E-state index contributed by atoms with van der Waals surface area (Å²) in [5, 5.41) is 2.44. The van der Waals surface area contributed by atoms with Gasteiger partial charge >= 0.3 is 0 Å². The molecule has 0 spiro atoms. The molecule has 0 heterocycles. The third kappa shape index (κ3) is 6.83. The van der Waals surface area contributed by atoms with Gasteiger partial charge in [0.25, 0.3) is 0 Å². The van der Waals surface area contributed by atoms with E-state index in [0.717, 1.165) is 3.57 Å². The molecule has 1 aromatic rings. The topological polar surface area (TPSA) is 118 Å². The summed E-state index contributed by atoms with van der Waals surface area (Å²) in [5.74, 6) is -1.09. The third-order valence-corrected chi connectivity index (χ3v) is 5.07. The lowest BCUT2D eigenvalue weighted by Gasteiger charge is -2.17. The zero-order valence-corrected chi connectivity index (χ0v) is 15.8. The van der Waals surface area contributed by atoms with Crippen LogP contribution in [-0.2, 0) is 19.6 Å². The average molecular weight is 453 g/mol. The minimum absolute atomic E-state index is 0.0688. The summed E-state index contributed by atoms with van der Waals surface area (Å²) in [7, 11) is -3.78. The van der Waals surface area contributed by atoms with Gasteiger partial charge in [-0.05, 0) is 59.2 Å². The molecule has 0 saturated carbocycles. The Bertz CT molecular complexity index is 659. The number of sulfonamides is 1. The fourth-order valence-corrected chi connectivity index (χ4v) is 3.16. The highest BCUT2D eigenvalue weighted by Crippen LogP contribution is 2.11. The molecule has 0 unspecified atom stereocenters. The number of hydrogen-bond acceptors (Lipinski definition) is 4. The molecular formula is C14H20IN3O4S. The first-order valence-corrected chi connectivity index (χ1v) is 9.52.